The van der Waals surface area contributed by atoms with Crippen LogP contribution in [0.1, 0.15) is 25.8 Å². The SMILES string of the molecule is CC(=O)C(C)N1CC[C@H](Sc2nnc(NC(=O)Nc3ccc(C#N)cc3)s2)C1. The Bertz CT molecular complexity index is 892. The lowest BCUT2D eigenvalue weighted by molar-refractivity contribution is -0.121. The first-order valence-electron chi connectivity index (χ1n) is 8.77. The summed E-state index contributed by atoms with van der Waals surface area (Å²) in [6, 6.07) is 8.14. The molecule has 1 saturated heterocycles. The molecule has 10 heteroatoms. The van der Waals surface area contributed by atoms with Gasteiger partial charge in [-0.1, -0.05) is 23.1 Å². The highest BCUT2D eigenvalue weighted by Crippen LogP contribution is 2.33. The Labute approximate surface area is 171 Å². The van der Waals surface area contributed by atoms with Crippen molar-refractivity contribution in [1.82, 2.24) is 15.1 Å². The summed E-state index contributed by atoms with van der Waals surface area (Å²) in [7, 11) is 0. The monoisotopic (exact) mass is 416 g/mol. The van der Waals surface area contributed by atoms with Gasteiger partial charge < -0.3 is 5.32 Å². The van der Waals surface area contributed by atoms with Crippen molar-refractivity contribution in [1.29, 1.82) is 5.26 Å². The quantitative estimate of drug-likeness (QED) is 0.696. The molecule has 2 atom stereocenters. The van der Waals surface area contributed by atoms with Gasteiger partial charge in [0, 0.05) is 24.0 Å². The lowest BCUT2D eigenvalue weighted by Gasteiger charge is -2.21. The van der Waals surface area contributed by atoms with E-state index in [0.717, 1.165) is 23.8 Å². The Morgan fingerprint density at radius 2 is 2.07 bits per heavy atom. The number of thioether (sulfide) groups is 1. The lowest BCUT2D eigenvalue weighted by Crippen LogP contribution is -2.36. The number of hydrogen-bond acceptors (Lipinski definition) is 8. The highest BCUT2D eigenvalue weighted by Gasteiger charge is 2.29. The summed E-state index contributed by atoms with van der Waals surface area (Å²) in [5.74, 6) is 0.182. The molecule has 28 heavy (non-hydrogen) atoms. The van der Waals surface area contributed by atoms with Crippen molar-refractivity contribution in [3.63, 3.8) is 0 Å². The molecule has 1 aromatic heterocycles. The molecule has 0 aliphatic carbocycles. The van der Waals surface area contributed by atoms with Gasteiger partial charge in [0.25, 0.3) is 0 Å². The number of carbonyl (C=O) groups is 2. The van der Waals surface area contributed by atoms with Gasteiger partial charge in [0.15, 0.2) is 4.34 Å². The molecule has 0 bridgehead atoms. The van der Waals surface area contributed by atoms with E-state index >= 15 is 0 Å². The Morgan fingerprint density at radius 1 is 1.32 bits per heavy atom. The summed E-state index contributed by atoms with van der Waals surface area (Å²) in [6.07, 6.45) is 0.990. The Kier molecular flexibility index (Phi) is 6.61. The number of anilines is 2. The first-order valence-corrected chi connectivity index (χ1v) is 10.5. The summed E-state index contributed by atoms with van der Waals surface area (Å²) in [4.78, 5) is 25.8. The molecule has 1 aromatic carbocycles. The maximum atomic E-state index is 12.1. The number of benzene rings is 1. The lowest BCUT2D eigenvalue weighted by atomic mass is 10.2. The van der Waals surface area contributed by atoms with E-state index in [1.54, 1.807) is 43.0 Å². The van der Waals surface area contributed by atoms with Crippen molar-refractivity contribution in [3.05, 3.63) is 29.8 Å². The zero-order valence-corrected chi connectivity index (χ0v) is 17.1. The molecule has 2 heterocycles. The van der Waals surface area contributed by atoms with Gasteiger partial charge in [0.2, 0.25) is 5.13 Å². The summed E-state index contributed by atoms with van der Waals surface area (Å²) < 4.78 is 0.788. The van der Waals surface area contributed by atoms with Gasteiger partial charge in [0.1, 0.15) is 5.78 Å². The van der Waals surface area contributed by atoms with Crippen molar-refractivity contribution in [2.24, 2.45) is 0 Å². The number of aromatic nitrogens is 2. The highest BCUT2D eigenvalue weighted by atomic mass is 32.2. The smallest absolute Gasteiger partial charge is 0.308 e. The number of amides is 2. The zero-order valence-electron chi connectivity index (χ0n) is 15.5. The van der Waals surface area contributed by atoms with Gasteiger partial charge in [-0.2, -0.15) is 5.26 Å². The van der Waals surface area contributed by atoms with Crippen LogP contribution in [0.4, 0.5) is 15.6 Å². The Morgan fingerprint density at radius 3 is 2.75 bits per heavy atom. The van der Waals surface area contributed by atoms with E-state index < -0.39 is 6.03 Å². The summed E-state index contributed by atoms with van der Waals surface area (Å²) in [6.45, 7) is 5.30. The number of rotatable bonds is 6. The van der Waals surface area contributed by atoms with Crippen molar-refractivity contribution < 1.29 is 9.59 Å². The molecular formula is C18H20N6O2S2. The molecule has 1 fully saturated rings. The largest absolute Gasteiger partial charge is 0.325 e. The van der Waals surface area contributed by atoms with E-state index in [1.807, 2.05) is 13.0 Å². The summed E-state index contributed by atoms with van der Waals surface area (Å²) in [5, 5.41) is 23.1. The second kappa shape index (κ2) is 9.14. The second-order valence-corrected chi connectivity index (χ2v) is 8.98. The minimum absolute atomic E-state index is 0.0526. The van der Waals surface area contributed by atoms with E-state index in [9.17, 15) is 9.59 Å². The van der Waals surface area contributed by atoms with E-state index in [1.165, 1.54) is 11.3 Å². The third kappa shape index (κ3) is 5.28. The van der Waals surface area contributed by atoms with Crippen LogP contribution in [0.25, 0.3) is 0 Å². The van der Waals surface area contributed by atoms with Crippen molar-refractivity contribution in [2.75, 3.05) is 23.7 Å². The maximum Gasteiger partial charge on any atom is 0.325 e. The van der Waals surface area contributed by atoms with Crippen molar-refractivity contribution >= 4 is 45.7 Å². The Balaban J connectivity index is 1.49. The molecule has 146 valence electrons. The number of hydrogen-bond donors (Lipinski definition) is 2. The topological polar surface area (TPSA) is 111 Å². The molecule has 0 spiro atoms. The van der Waals surface area contributed by atoms with Gasteiger partial charge in [-0.25, -0.2) is 4.79 Å². The second-order valence-electron chi connectivity index (χ2n) is 6.45. The van der Waals surface area contributed by atoms with Gasteiger partial charge in [-0.05, 0) is 44.5 Å². The van der Waals surface area contributed by atoms with Crippen LogP contribution >= 0.6 is 23.1 Å². The van der Waals surface area contributed by atoms with Crippen LogP contribution in [-0.4, -0.2) is 51.3 Å². The number of carbonyl (C=O) groups excluding carboxylic acids is 2. The normalized spacial score (nSPS) is 17.7. The van der Waals surface area contributed by atoms with Gasteiger partial charge >= 0.3 is 6.03 Å². The molecule has 8 nitrogen and oxygen atoms in total. The van der Waals surface area contributed by atoms with E-state index in [2.05, 4.69) is 25.7 Å². The van der Waals surface area contributed by atoms with Crippen molar-refractivity contribution in [3.8, 4) is 6.07 Å². The average Bonchev–Trinajstić information content (AvgIpc) is 3.31. The standard InChI is InChI=1S/C18H20N6O2S2/c1-11(12(2)25)24-8-7-15(10-24)27-18-23-22-17(28-18)21-16(26)20-14-5-3-13(9-19)4-6-14/h3-6,11,15H,7-8,10H2,1-2H3,(H2,20,21,22,26)/t11?,15-/m0/s1. The van der Waals surface area contributed by atoms with Crippen LogP contribution in [0, 0.1) is 11.3 Å². The van der Waals surface area contributed by atoms with Crippen LogP contribution in [0.5, 0.6) is 0 Å². The van der Waals surface area contributed by atoms with Crippen LogP contribution in [0.3, 0.4) is 0 Å². The van der Waals surface area contributed by atoms with Crippen LogP contribution in [-0.2, 0) is 4.79 Å². The van der Waals surface area contributed by atoms with Crippen LogP contribution in [0.15, 0.2) is 28.6 Å². The van der Waals surface area contributed by atoms with Crippen LogP contribution < -0.4 is 10.6 Å². The zero-order chi connectivity index (χ0) is 20.1. The fourth-order valence-electron chi connectivity index (χ4n) is 2.80. The predicted molar refractivity (Wildman–Crippen MR) is 110 cm³/mol. The predicted octanol–water partition coefficient (Wildman–Crippen LogP) is 3.20. The Hall–Kier alpha value is -2.48. The number of ketones is 1. The minimum atomic E-state index is -0.417. The van der Waals surface area contributed by atoms with E-state index in [4.69, 9.17) is 5.26 Å². The number of Topliss-reactive ketones (excluding diaryl/α,β-unsaturated/α-hetero) is 1. The number of likely N-dealkylation sites (tertiary alicyclic amines) is 1. The summed E-state index contributed by atoms with van der Waals surface area (Å²) in [5.41, 5.74) is 1.11. The molecule has 1 aliphatic heterocycles. The number of nitrogens with one attached hydrogen (secondary N) is 2. The number of nitrogens with zero attached hydrogens (tertiary/aromatic N) is 4. The maximum absolute atomic E-state index is 12.1. The van der Waals surface area contributed by atoms with Gasteiger partial charge in [-0.15, -0.1) is 10.2 Å². The minimum Gasteiger partial charge on any atom is -0.308 e. The average molecular weight is 417 g/mol. The fourth-order valence-corrected chi connectivity index (χ4v) is 4.97. The summed E-state index contributed by atoms with van der Waals surface area (Å²) >= 11 is 2.95. The van der Waals surface area contributed by atoms with Crippen molar-refractivity contribution in [2.45, 2.75) is 35.9 Å². The third-order valence-electron chi connectivity index (χ3n) is 4.48. The molecule has 2 aromatic rings. The molecule has 1 unspecified atom stereocenters. The van der Waals surface area contributed by atoms with Gasteiger partial charge in [-0.3, -0.25) is 15.0 Å². The molecule has 1 aliphatic rings. The fraction of sp³-hybridized carbons (Fsp3) is 0.389. The van der Waals surface area contributed by atoms with Gasteiger partial charge in [0.05, 0.1) is 17.7 Å². The van der Waals surface area contributed by atoms with E-state index in [-0.39, 0.29) is 11.8 Å². The van der Waals surface area contributed by atoms with E-state index in [0.29, 0.717) is 21.6 Å². The number of nitriles is 1. The molecule has 0 saturated carbocycles. The first kappa shape index (κ1) is 20.3. The third-order valence-corrected chi connectivity index (χ3v) is 6.65. The van der Waals surface area contributed by atoms with Crippen LogP contribution in [0.2, 0.25) is 0 Å². The highest BCUT2D eigenvalue weighted by molar-refractivity contribution is 8.01. The molecule has 3 rings (SSSR count). The number of urea groups is 1. The molecule has 2 N–H and O–H groups in total. The molecule has 2 amide bonds. The molecule has 0 radical (unpaired) electrons. The molecular weight excluding hydrogens is 396 g/mol. The first-order chi connectivity index (χ1) is 13.4.